The predicted octanol–water partition coefficient (Wildman–Crippen LogP) is 11.7. The molecule has 0 saturated carbocycles. The third-order valence-corrected chi connectivity index (χ3v) is 7.58. The quantitative estimate of drug-likeness (QED) is 0.114. The maximum Gasteiger partial charge on any atom is 0.0154 e. The molecule has 0 unspecified atom stereocenters. The molecule has 0 rings (SSSR count). The van der Waals surface area contributed by atoms with Gasteiger partial charge in [0, 0.05) is 5.54 Å². The summed E-state index contributed by atoms with van der Waals surface area (Å²) in [5.41, 5.74) is 7.17. The van der Waals surface area contributed by atoms with Crippen molar-refractivity contribution in [2.75, 3.05) is 0 Å². The second-order valence-electron chi connectivity index (χ2n) is 11.0. The van der Waals surface area contributed by atoms with Crippen LogP contribution in [-0.2, 0) is 0 Å². The highest BCUT2D eigenvalue weighted by Crippen LogP contribution is 2.27. The molecule has 0 saturated heterocycles. The molecule has 0 radical (unpaired) electrons. The Hall–Kier alpha value is 0.250. The van der Waals surface area contributed by atoms with Crippen LogP contribution in [0, 0.1) is 0 Å². The molecular formula is C31H66ClN. The van der Waals surface area contributed by atoms with Gasteiger partial charge in [-0.05, 0) is 19.3 Å². The highest BCUT2D eigenvalue weighted by molar-refractivity contribution is 5.85. The molecule has 0 aliphatic carbocycles. The minimum absolute atomic E-state index is 0. The lowest BCUT2D eigenvalue weighted by molar-refractivity contribution is 0.302. The van der Waals surface area contributed by atoms with Crippen molar-refractivity contribution in [3.8, 4) is 0 Å². The maximum absolute atomic E-state index is 7.04. The van der Waals surface area contributed by atoms with Crippen molar-refractivity contribution < 1.29 is 0 Å². The van der Waals surface area contributed by atoms with Gasteiger partial charge in [0.05, 0.1) is 0 Å². The fourth-order valence-electron chi connectivity index (χ4n) is 5.21. The molecule has 0 bridgehead atoms. The molecule has 2 N–H and O–H groups in total. The first-order valence-electron chi connectivity index (χ1n) is 15.5. The lowest BCUT2D eigenvalue weighted by Crippen LogP contribution is -2.39. The van der Waals surface area contributed by atoms with Gasteiger partial charge in [-0.25, -0.2) is 0 Å². The Morgan fingerprint density at radius 2 is 0.515 bits per heavy atom. The predicted molar refractivity (Wildman–Crippen MR) is 156 cm³/mol. The van der Waals surface area contributed by atoms with E-state index in [1.807, 2.05) is 0 Å². The summed E-state index contributed by atoms with van der Waals surface area (Å²) in [6, 6.07) is 0. The van der Waals surface area contributed by atoms with Crippen molar-refractivity contribution in [3.63, 3.8) is 0 Å². The van der Waals surface area contributed by atoms with Crippen molar-refractivity contribution in [2.45, 2.75) is 200 Å². The van der Waals surface area contributed by atoms with E-state index in [2.05, 4.69) is 20.8 Å². The molecule has 1 nitrogen and oxygen atoms in total. The van der Waals surface area contributed by atoms with Gasteiger partial charge in [-0.15, -0.1) is 12.4 Å². The highest BCUT2D eigenvalue weighted by atomic mass is 35.5. The van der Waals surface area contributed by atoms with Gasteiger partial charge in [0.25, 0.3) is 0 Å². The molecule has 0 aromatic carbocycles. The Kier molecular flexibility index (Phi) is 30.6. The zero-order chi connectivity index (χ0) is 23.6. The molecule has 0 fully saturated rings. The smallest absolute Gasteiger partial charge is 0.0154 e. The van der Waals surface area contributed by atoms with Crippen LogP contribution in [0.4, 0.5) is 0 Å². The summed E-state index contributed by atoms with van der Waals surface area (Å²) >= 11 is 0. The topological polar surface area (TPSA) is 26.0 Å². The molecule has 0 aromatic rings. The third-order valence-electron chi connectivity index (χ3n) is 7.58. The van der Waals surface area contributed by atoms with Crippen molar-refractivity contribution in [2.24, 2.45) is 5.73 Å². The Morgan fingerprint density at radius 1 is 0.333 bits per heavy atom. The summed E-state index contributed by atoms with van der Waals surface area (Å²) in [6.07, 6.45) is 37.7. The monoisotopic (exact) mass is 487 g/mol. The van der Waals surface area contributed by atoms with Crippen LogP contribution < -0.4 is 5.73 Å². The fourth-order valence-corrected chi connectivity index (χ4v) is 5.21. The van der Waals surface area contributed by atoms with Crippen molar-refractivity contribution >= 4 is 12.4 Å². The van der Waals surface area contributed by atoms with Gasteiger partial charge >= 0.3 is 0 Å². The minimum atomic E-state index is 0. The number of unbranched alkanes of at least 4 members (excludes halogenated alkanes) is 21. The van der Waals surface area contributed by atoms with Crippen LogP contribution >= 0.6 is 12.4 Å². The minimum Gasteiger partial charge on any atom is -0.325 e. The van der Waals surface area contributed by atoms with Gasteiger partial charge in [0.1, 0.15) is 0 Å². The average molecular weight is 488 g/mol. The molecule has 0 spiro atoms. The maximum atomic E-state index is 7.04. The Balaban J connectivity index is 0. The van der Waals surface area contributed by atoms with Gasteiger partial charge < -0.3 is 5.73 Å². The summed E-state index contributed by atoms with van der Waals surface area (Å²) < 4.78 is 0. The van der Waals surface area contributed by atoms with Crippen LogP contribution in [0.1, 0.15) is 194 Å². The Morgan fingerprint density at radius 3 is 0.727 bits per heavy atom. The molecule has 0 amide bonds. The van der Waals surface area contributed by atoms with E-state index < -0.39 is 0 Å². The highest BCUT2D eigenvalue weighted by Gasteiger charge is 2.23. The van der Waals surface area contributed by atoms with Crippen LogP contribution in [0.5, 0.6) is 0 Å². The Labute approximate surface area is 217 Å². The van der Waals surface area contributed by atoms with Gasteiger partial charge in [-0.2, -0.15) is 0 Å². The lowest BCUT2D eigenvalue weighted by atomic mass is 9.82. The van der Waals surface area contributed by atoms with E-state index in [-0.39, 0.29) is 17.9 Å². The third kappa shape index (κ3) is 26.7. The number of hydrogen-bond acceptors (Lipinski definition) is 1. The molecule has 0 atom stereocenters. The summed E-state index contributed by atoms with van der Waals surface area (Å²) in [4.78, 5) is 0. The molecule has 0 heterocycles. The molecule has 0 aromatic heterocycles. The first-order valence-corrected chi connectivity index (χ1v) is 15.5. The molecular weight excluding hydrogens is 422 g/mol. The summed E-state index contributed by atoms with van der Waals surface area (Å²) in [5.74, 6) is 0. The average Bonchev–Trinajstić information content (AvgIpc) is 2.79. The van der Waals surface area contributed by atoms with Gasteiger partial charge in [0.15, 0.2) is 0 Å². The van der Waals surface area contributed by atoms with Crippen LogP contribution in [0.3, 0.4) is 0 Å². The first kappa shape index (κ1) is 35.4. The standard InChI is InChI=1S/C31H65N.ClH/c1-4-7-10-13-16-19-22-25-28-31(32,29-26-23-20-17-14-11-8-5-2)30-27-24-21-18-15-12-9-6-3;/h4-30,32H2,1-3H3;1H. The van der Waals surface area contributed by atoms with Crippen LogP contribution in [0.25, 0.3) is 0 Å². The van der Waals surface area contributed by atoms with E-state index in [4.69, 9.17) is 5.73 Å². The second kappa shape index (κ2) is 28.5. The molecule has 202 valence electrons. The summed E-state index contributed by atoms with van der Waals surface area (Å²) in [7, 11) is 0. The zero-order valence-corrected chi connectivity index (χ0v) is 24.4. The van der Waals surface area contributed by atoms with Crippen molar-refractivity contribution in [3.05, 3.63) is 0 Å². The lowest BCUT2D eigenvalue weighted by Gasteiger charge is -2.30. The molecule has 0 aliphatic rings. The zero-order valence-electron chi connectivity index (χ0n) is 23.6. The molecule has 2 heteroatoms. The number of halogens is 1. The second-order valence-corrected chi connectivity index (χ2v) is 11.0. The normalized spacial score (nSPS) is 11.6. The molecule has 33 heavy (non-hydrogen) atoms. The number of hydrogen-bond donors (Lipinski definition) is 1. The van der Waals surface area contributed by atoms with Crippen molar-refractivity contribution in [1.82, 2.24) is 0 Å². The van der Waals surface area contributed by atoms with Crippen LogP contribution in [0.2, 0.25) is 0 Å². The molecule has 0 aliphatic heterocycles. The van der Waals surface area contributed by atoms with Crippen molar-refractivity contribution in [1.29, 1.82) is 0 Å². The summed E-state index contributed by atoms with van der Waals surface area (Å²) in [5, 5.41) is 0. The van der Waals surface area contributed by atoms with E-state index in [1.54, 1.807) is 0 Å². The number of nitrogens with two attached hydrogens (primary N) is 1. The SMILES string of the molecule is CCCCCCCCCCC(N)(CCCCCCCCCC)CCCCCCCCCC.Cl. The van der Waals surface area contributed by atoms with Gasteiger partial charge in [0.2, 0.25) is 0 Å². The van der Waals surface area contributed by atoms with Gasteiger partial charge in [-0.1, -0.05) is 175 Å². The fraction of sp³-hybridized carbons (Fsp3) is 1.00. The first-order chi connectivity index (χ1) is 15.7. The van der Waals surface area contributed by atoms with E-state index in [0.717, 1.165) is 0 Å². The summed E-state index contributed by atoms with van der Waals surface area (Å²) in [6.45, 7) is 6.92. The van der Waals surface area contributed by atoms with Crippen LogP contribution in [0.15, 0.2) is 0 Å². The van der Waals surface area contributed by atoms with E-state index in [1.165, 1.54) is 173 Å². The largest absolute Gasteiger partial charge is 0.325 e. The van der Waals surface area contributed by atoms with E-state index in [9.17, 15) is 0 Å². The van der Waals surface area contributed by atoms with Gasteiger partial charge in [-0.3, -0.25) is 0 Å². The van der Waals surface area contributed by atoms with E-state index >= 15 is 0 Å². The van der Waals surface area contributed by atoms with Crippen LogP contribution in [-0.4, -0.2) is 5.54 Å². The van der Waals surface area contributed by atoms with E-state index in [0.29, 0.717) is 0 Å². The Bertz CT molecular complexity index is 294. The number of rotatable bonds is 27.